The maximum atomic E-state index is 13.6. The third-order valence-corrected chi connectivity index (χ3v) is 6.77. The van der Waals surface area contributed by atoms with Crippen LogP contribution in [0.5, 0.6) is 0 Å². The van der Waals surface area contributed by atoms with Crippen LogP contribution in [-0.4, -0.2) is 23.0 Å². The van der Waals surface area contributed by atoms with Crippen molar-refractivity contribution in [3.63, 3.8) is 0 Å². The lowest BCUT2D eigenvalue weighted by Crippen LogP contribution is -2.28. The van der Waals surface area contributed by atoms with E-state index in [1.165, 1.54) is 12.1 Å². The highest BCUT2D eigenvalue weighted by molar-refractivity contribution is 7.15. The van der Waals surface area contributed by atoms with Crippen molar-refractivity contribution >= 4 is 57.0 Å². The molecule has 158 valence electrons. The van der Waals surface area contributed by atoms with Crippen LogP contribution in [-0.2, 0) is 12.7 Å². The van der Waals surface area contributed by atoms with E-state index >= 15 is 0 Å². The van der Waals surface area contributed by atoms with Crippen LogP contribution in [0.3, 0.4) is 0 Å². The van der Waals surface area contributed by atoms with Gasteiger partial charge >= 0.3 is 6.18 Å². The number of alkyl halides is 3. The van der Waals surface area contributed by atoms with Crippen molar-refractivity contribution < 1.29 is 13.2 Å². The Morgan fingerprint density at radius 2 is 1.59 bits per heavy atom. The van der Waals surface area contributed by atoms with Crippen molar-refractivity contribution in [3.05, 3.63) is 37.8 Å². The SMILES string of the molecule is FC(F)(F)c1nc(Nc2c(Cl)cc(Cl)cc2Cl)sc1CN(CC1CC1)CC1CC1. The predicted molar refractivity (Wildman–Crippen MR) is 113 cm³/mol. The van der Waals surface area contributed by atoms with Crippen molar-refractivity contribution in [2.45, 2.75) is 38.4 Å². The molecule has 1 aromatic heterocycles. The van der Waals surface area contributed by atoms with Crippen LogP contribution in [0.25, 0.3) is 0 Å². The van der Waals surface area contributed by atoms with Crippen LogP contribution in [0.15, 0.2) is 12.1 Å². The molecule has 0 unspecified atom stereocenters. The highest BCUT2D eigenvalue weighted by atomic mass is 35.5. The first kappa shape index (κ1) is 21.5. The molecule has 0 bridgehead atoms. The summed E-state index contributed by atoms with van der Waals surface area (Å²) in [6, 6.07) is 2.95. The normalized spacial score (nSPS) is 17.2. The molecule has 0 aliphatic heterocycles. The zero-order valence-electron chi connectivity index (χ0n) is 15.3. The molecule has 0 amide bonds. The topological polar surface area (TPSA) is 28.2 Å². The fourth-order valence-corrected chi connectivity index (χ4v) is 5.18. The molecular weight excluding hydrogens is 466 g/mol. The van der Waals surface area contributed by atoms with Crippen LogP contribution in [0.1, 0.15) is 36.3 Å². The quantitative estimate of drug-likeness (QED) is 0.421. The molecule has 0 saturated heterocycles. The summed E-state index contributed by atoms with van der Waals surface area (Å²) in [5.41, 5.74) is -0.553. The Labute approximate surface area is 186 Å². The first-order valence-corrected chi connectivity index (χ1v) is 11.3. The molecular formula is C19H19Cl3F3N3S. The summed E-state index contributed by atoms with van der Waals surface area (Å²) in [7, 11) is 0. The number of anilines is 2. The summed E-state index contributed by atoms with van der Waals surface area (Å²) in [6.07, 6.45) is 0.129. The molecule has 2 fully saturated rings. The second-order valence-electron chi connectivity index (χ2n) is 7.74. The number of aromatic nitrogens is 1. The lowest BCUT2D eigenvalue weighted by molar-refractivity contribution is -0.141. The van der Waals surface area contributed by atoms with Gasteiger partial charge in [0.25, 0.3) is 0 Å². The van der Waals surface area contributed by atoms with E-state index in [0.29, 0.717) is 22.5 Å². The van der Waals surface area contributed by atoms with Crippen molar-refractivity contribution in [1.82, 2.24) is 9.88 Å². The van der Waals surface area contributed by atoms with E-state index in [1.807, 2.05) is 0 Å². The Kier molecular flexibility index (Phi) is 6.24. The van der Waals surface area contributed by atoms with Gasteiger partial charge in [-0.1, -0.05) is 46.1 Å². The van der Waals surface area contributed by atoms with E-state index in [2.05, 4.69) is 15.2 Å². The number of nitrogens with one attached hydrogen (secondary N) is 1. The molecule has 10 heteroatoms. The number of rotatable bonds is 8. The fraction of sp³-hybridized carbons (Fsp3) is 0.526. The second kappa shape index (κ2) is 8.42. The lowest BCUT2D eigenvalue weighted by atomic mass is 10.2. The van der Waals surface area contributed by atoms with Crippen molar-refractivity contribution in [2.24, 2.45) is 11.8 Å². The van der Waals surface area contributed by atoms with Crippen molar-refractivity contribution in [1.29, 1.82) is 0 Å². The molecule has 2 saturated carbocycles. The summed E-state index contributed by atoms with van der Waals surface area (Å²) in [4.78, 5) is 6.20. The molecule has 1 N–H and O–H groups in total. The molecule has 0 spiro atoms. The third kappa shape index (κ3) is 5.70. The summed E-state index contributed by atoms with van der Waals surface area (Å²) < 4.78 is 40.9. The largest absolute Gasteiger partial charge is 0.434 e. The Morgan fingerprint density at radius 3 is 2.07 bits per heavy atom. The van der Waals surface area contributed by atoms with E-state index in [9.17, 15) is 13.2 Å². The molecule has 29 heavy (non-hydrogen) atoms. The number of benzene rings is 1. The standard InChI is InChI=1S/C19H19Cl3F3N3S/c20-12-5-13(21)16(14(22)6-12)26-18-27-17(19(23,24)25)15(29-18)9-28(7-10-1-2-10)8-11-3-4-11/h5-6,10-11H,1-4,7-9H2,(H,26,27). The van der Waals surface area contributed by atoms with Gasteiger partial charge in [0.2, 0.25) is 0 Å². The van der Waals surface area contributed by atoms with Crippen LogP contribution < -0.4 is 5.32 Å². The zero-order valence-corrected chi connectivity index (χ0v) is 18.4. The number of hydrogen-bond acceptors (Lipinski definition) is 4. The predicted octanol–water partition coefficient (Wildman–Crippen LogP) is 7.49. The van der Waals surface area contributed by atoms with E-state index < -0.39 is 11.9 Å². The van der Waals surface area contributed by atoms with Crippen LogP contribution in [0.4, 0.5) is 24.0 Å². The molecule has 3 nitrogen and oxygen atoms in total. The highest BCUT2D eigenvalue weighted by Crippen LogP contribution is 2.42. The Morgan fingerprint density at radius 1 is 1.03 bits per heavy atom. The minimum absolute atomic E-state index is 0.108. The number of hydrogen-bond donors (Lipinski definition) is 1. The molecule has 0 atom stereocenters. The van der Waals surface area contributed by atoms with Crippen LogP contribution >= 0.6 is 46.1 Å². The summed E-state index contributed by atoms with van der Waals surface area (Å²) in [5.74, 6) is 1.22. The van der Waals surface area contributed by atoms with Crippen LogP contribution in [0.2, 0.25) is 15.1 Å². The van der Waals surface area contributed by atoms with Crippen molar-refractivity contribution in [2.75, 3.05) is 18.4 Å². The Bertz CT molecular complexity index is 858. The molecule has 1 heterocycles. The van der Waals surface area contributed by atoms with Gasteiger partial charge in [0.05, 0.1) is 20.6 Å². The minimum Gasteiger partial charge on any atom is -0.329 e. The number of nitrogens with zero attached hydrogens (tertiary/aromatic N) is 2. The number of halogens is 6. The van der Waals surface area contributed by atoms with Gasteiger partial charge in [-0.05, 0) is 49.7 Å². The van der Waals surface area contributed by atoms with Gasteiger partial charge < -0.3 is 5.32 Å². The Hall–Kier alpha value is -0.730. The zero-order chi connectivity index (χ0) is 20.8. The summed E-state index contributed by atoms with van der Waals surface area (Å²) >= 11 is 19.2. The molecule has 2 aliphatic rings. The molecule has 1 aromatic carbocycles. The average molecular weight is 485 g/mol. The lowest BCUT2D eigenvalue weighted by Gasteiger charge is -2.22. The number of thiazole rings is 1. The smallest absolute Gasteiger partial charge is 0.329 e. The fourth-order valence-electron chi connectivity index (χ4n) is 3.24. The second-order valence-corrected chi connectivity index (χ2v) is 10.1. The maximum absolute atomic E-state index is 13.6. The minimum atomic E-state index is -4.52. The monoisotopic (exact) mass is 483 g/mol. The van der Waals surface area contributed by atoms with Gasteiger partial charge in [-0.25, -0.2) is 4.98 Å². The summed E-state index contributed by atoms with van der Waals surface area (Å²) in [6.45, 7) is 1.95. The van der Waals surface area contributed by atoms with E-state index in [-0.39, 0.29) is 26.6 Å². The molecule has 4 rings (SSSR count). The van der Waals surface area contributed by atoms with E-state index in [1.54, 1.807) is 0 Å². The van der Waals surface area contributed by atoms with Gasteiger partial charge in [0, 0.05) is 24.7 Å². The summed E-state index contributed by atoms with van der Waals surface area (Å²) in [5, 5.41) is 3.74. The van der Waals surface area contributed by atoms with Gasteiger partial charge in [-0.2, -0.15) is 13.2 Å². The average Bonchev–Trinajstić information content (AvgIpc) is 3.52. The molecule has 2 aliphatic carbocycles. The first-order valence-electron chi connectivity index (χ1n) is 9.40. The van der Waals surface area contributed by atoms with Gasteiger partial charge in [-0.3, -0.25) is 4.90 Å². The van der Waals surface area contributed by atoms with Gasteiger partial charge in [-0.15, -0.1) is 0 Å². The molecule has 2 aromatic rings. The Balaban J connectivity index is 1.58. The van der Waals surface area contributed by atoms with E-state index in [4.69, 9.17) is 34.8 Å². The van der Waals surface area contributed by atoms with Crippen molar-refractivity contribution in [3.8, 4) is 0 Å². The van der Waals surface area contributed by atoms with Crippen LogP contribution in [0, 0.1) is 11.8 Å². The van der Waals surface area contributed by atoms with Gasteiger partial charge in [0.1, 0.15) is 0 Å². The maximum Gasteiger partial charge on any atom is 0.434 e. The van der Waals surface area contributed by atoms with E-state index in [0.717, 1.165) is 50.1 Å². The molecule has 0 radical (unpaired) electrons. The van der Waals surface area contributed by atoms with Gasteiger partial charge in [0.15, 0.2) is 10.8 Å². The first-order chi connectivity index (χ1) is 13.7. The highest BCUT2D eigenvalue weighted by Gasteiger charge is 2.39. The third-order valence-electron chi connectivity index (χ3n) is 5.00.